The molecule has 0 saturated carbocycles. The lowest BCUT2D eigenvalue weighted by molar-refractivity contribution is -0.117. The molecule has 0 saturated heterocycles. The van der Waals surface area contributed by atoms with Gasteiger partial charge in [-0.2, -0.15) is 5.10 Å². The second-order valence-electron chi connectivity index (χ2n) is 4.35. The number of aromatic nitrogens is 2. The van der Waals surface area contributed by atoms with E-state index in [1.54, 1.807) is 4.68 Å². The third-order valence-electron chi connectivity index (χ3n) is 2.87. The summed E-state index contributed by atoms with van der Waals surface area (Å²) in [6.07, 6.45) is 0.879. The largest absolute Gasteiger partial charge is 0.299 e. The third-order valence-corrected chi connectivity index (χ3v) is 3.90. The molecule has 0 atom stereocenters. The zero-order chi connectivity index (χ0) is 13.1. The van der Waals surface area contributed by atoms with Crippen molar-refractivity contribution in [1.29, 1.82) is 0 Å². The number of rotatable bonds is 4. The van der Waals surface area contributed by atoms with Crippen molar-refractivity contribution >= 4 is 21.7 Å². The van der Waals surface area contributed by atoms with Crippen molar-refractivity contribution in [3.63, 3.8) is 0 Å². The number of ketones is 1. The maximum Gasteiger partial charge on any atom is 0.143 e. The second kappa shape index (κ2) is 5.48. The van der Waals surface area contributed by atoms with E-state index < -0.39 is 0 Å². The van der Waals surface area contributed by atoms with Gasteiger partial charge >= 0.3 is 0 Å². The third kappa shape index (κ3) is 2.88. The molecule has 0 fully saturated rings. The highest BCUT2D eigenvalue weighted by molar-refractivity contribution is 9.10. The fourth-order valence-electron chi connectivity index (χ4n) is 1.94. The van der Waals surface area contributed by atoms with Crippen LogP contribution in [0.4, 0.5) is 0 Å². The quantitative estimate of drug-likeness (QED) is 0.870. The molecule has 3 nitrogen and oxygen atoms in total. The average Bonchev–Trinajstić information content (AvgIpc) is 2.57. The molecule has 0 bridgehead atoms. The zero-order valence-electron chi connectivity index (χ0n) is 10.5. The highest BCUT2D eigenvalue weighted by Gasteiger charge is 2.14. The number of Topliss-reactive ketones (excluding diaryl/α,β-unsaturated/α-hetero) is 1. The van der Waals surface area contributed by atoms with Crippen LogP contribution in [0, 0.1) is 6.92 Å². The molecule has 0 radical (unpaired) electrons. The summed E-state index contributed by atoms with van der Waals surface area (Å²) in [5.41, 5.74) is 2.91. The number of halogens is 1. The van der Waals surface area contributed by atoms with Gasteiger partial charge in [0.1, 0.15) is 5.78 Å². The normalized spacial score (nSPS) is 10.6. The minimum atomic E-state index is 0.199. The van der Waals surface area contributed by atoms with E-state index in [2.05, 4.69) is 21.0 Å². The summed E-state index contributed by atoms with van der Waals surface area (Å²) in [4.78, 5) is 12.0. The molecule has 0 N–H and O–H groups in total. The van der Waals surface area contributed by atoms with Crippen molar-refractivity contribution in [3.8, 4) is 0 Å². The number of benzene rings is 1. The van der Waals surface area contributed by atoms with Crippen molar-refractivity contribution in [2.45, 2.75) is 19.8 Å². The number of carbonyl (C=O) groups is 1. The highest BCUT2D eigenvalue weighted by Crippen LogP contribution is 2.21. The Balaban J connectivity index is 2.08. The summed E-state index contributed by atoms with van der Waals surface area (Å²) in [6, 6.07) is 9.80. The molecule has 0 amide bonds. The second-order valence-corrected chi connectivity index (χ2v) is 5.14. The van der Waals surface area contributed by atoms with Gasteiger partial charge in [0.2, 0.25) is 0 Å². The summed E-state index contributed by atoms with van der Waals surface area (Å²) in [6.45, 7) is 1.93. The standard InChI is InChI=1S/C14H15BrN2O/c1-10-14(15)13(17(2)16-10)9-12(18)8-11-6-4-3-5-7-11/h3-7H,8-9H2,1-2H3. The summed E-state index contributed by atoms with van der Waals surface area (Å²) in [5.74, 6) is 0.199. The lowest BCUT2D eigenvalue weighted by Crippen LogP contribution is -2.10. The van der Waals surface area contributed by atoms with Crippen LogP contribution >= 0.6 is 15.9 Å². The lowest BCUT2D eigenvalue weighted by atomic mass is 10.1. The van der Waals surface area contributed by atoms with E-state index in [1.807, 2.05) is 44.3 Å². The summed E-state index contributed by atoms with van der Waals surface area (Å²) >= 11 is 3.48. The average molecular weight is 307 g/mol. The van der Waals surface area contributed by atoms with E-state index in [1.165, 1.54) is 0 Å². The maximum absolute atomic E-state index is 12.0. The first-order valence-corrected chi connectivity index (χ1v) is 6.61. The predicted octanol–water partition coefficient (Wildman–Crippen LogP) is 2.85. The van der Waals surface area contributed by atoms with E-state index in [4.69, 9.17) is 0 Å². The van der Waals surface area contributed by atoms with Gasteiger partial charge in [0.15, 0.2) is 0 Å². The van der Waals surface area contributed by atoms with Crippen LogP contribution in [0.2, 0.25) is 0 Å². The molecule has 18 heavy (non-hydrogen) atoms. The van der Waals surface area contributed by atoms with Crippen LogP contribution in [0.15, 0.2) is 34.8 Å². The van der Waals surface area contributed by atoms with Crippen molar-refractivity contribution < 1.29 is 4.79 Å². The molecular formula is C14H15BrN2O. The molecule has 1 aromatic heterocycles. The van der Waals surface area contributed by atoms with Gasteiger partial charge in [-0.1, -0.05) is 30.3 Å². The van der Waals surface area contributed by atoms with Crippen molar-refractivity contribution in [2.24, 2.45) is 7.05 Å². The molecule has 0 aliphatic heterocycles. The van der Waals surface area contributed by atoms with E-state index >= 15 is 0 Å². The molecule has 4 heteroatoms. The van der Waals surface area contributed by atoms with Crippen LogP contribution in [0.3, 0.4) is 0 Å². The first-order valence-electron chi connectivity index (χ1n) is 5.81. The molecule has 1 heterocycles. The highest BCUT2D eigenvalue weighted by atomic mass is 79.9. The van der Waals surface area contributed by atoms with Gasteiger partial charge in [-0.15, -0.1) is 0 Å². The van der Waals surface area contributed by atoms with Crippen LogP contribution in [0.1, 0.15) is 17.0 Å². The Kier molecular flexibility index (Phi) is 3.97. The van der Waals surface area contributed by atoms with Crippen molar-refractivity contribution in [3.05, 3.63) is 51.8 Å². The van der Waals surface area contributed by atoms with Gasteiger partial charge in [-0.25, -0.2) is 0 Å². The van der Waals surface area contributed by atoms with Crippen LogP contribution in [0.5, 0.6) is 0 Å². The monoisotopic (exact) mass is 306 g/mol. The first kappa shape index (κ1) is 13.0. The molecule has 0 aliphatic rings. The van der Waals surface area contributed by atoms with Gasteiger partial charge in [0.25, 0.3) is 0 Å². The smallest absolute Gasteiger partial charge is 0.143 e. The Hall–Kier alpha value is -1.42. The minimum absolute atomic E-state index is 0.199. The molecule has 1 aromatic carbocycles. The van der Waals surface area contributed by atoms with Crippen LogP contribution < -0.4 is 0 Å². The van der Waals surface area contributed by atoms with Gasteiger partial charge < -0.3 is 0 Å². The first-order chi connectivity index (χ1) is 8.58. The van der Waals surface area contributed by atoms with Crippen molar-refractivity contribution in [2.75, 3.05) is 0 Å². The number of hydrogen-bond acceptors (Lipinski definition) is 2. The SMILES string of the molecule is Cc1nn(C)c(CC(=O)Cc2ccccc2)c1Br. The molecule has 94 valence electrons. The van der Waals surface area contributed by atoms with Crippen LogP contribution in [-0.2, 0) is 24.7 Å². The van der Waals surface area contributed by atoms with Gasteiger partial charge in [-0.05, 0) is 28.4 Å². The Morgan fingerprint density at radius 3 is 2.50 bits per heavy atom. The van der Waals surface area contributed by atoms with E-state index in [0.29, 0.717) is 12.8 Å². The number of nitrogens with zero attached hydrogens (tertiary/aromatic N) is 2. The molecule has 2 rings (SSSR count). The minimum Gasteiger partial charge on any atom is -0.299 e. The van der Waals surface area contributed by atoms with Gasteiger partial charge in [0.05, 0.1) is 15.9 Å². The number of carbonyl (C=O) groups excluding carboxylic acids is 1. The Morgan fingerprint density at radius 2 is 1.94 bits per heavy atom. The number of hydrogen-bond donors (Lipinski definition) is 0. The van der Waals surface area contributed by atoms with Crippen LogP contribution in [0.25, 0.3) is 0 Å². The maximum atomic E-state index is 12.0. The fourth-order valence-corrected chi connectivity index (χ4v) is 2.42. The summed E-state index contributed by atoms with van der Waals surface area (Å²) in [7, 11) is 1.86. The van der Waals surface area contributed by atoms with E-state index in [9.17, 15) is 4.79 Å². The molecular weight excluding hydrogens is 292 g/mol. The predicted molar refractivity (Wildman–Crippen MR) is 74.5 cm³/mol. The topological polar surface area (TPSA) is 34.9 Å². The number of aryl methyl sites for hydroxylation is 2. The Labute approximate surface area is 115 Å². The molecule has 0 unspecified atom stereocenters. The molecule has 0 aliphatic carbocycles. The van der Waals surface area contributed by atoms with Gasteiger partial charge in [0, 0.05) is 19.9 Å². The molecule has 0 spiro atoms. The van der Waals surface area contributed by atoms with Crippen molar-refractivity contribution in [1.82, 2.24) is 9.78 Å². The molecule has 2 aromatic rings. The Bertz CT molecular complexity index is 561. The Morgan fingerprint density at radius 1 is 1.28 bits per heavy atom. The van der Waals surface area contributed by atoms with Crippen LogP contribution in [-0.4, -0.2) is 15.6 Å². The van der Waals surface area contributed by atoms with E-state index in [0.717, 1.165) is 21.4 Å². The van der Waals surface area contributed by atoms with E-state index in [-0.39, 0.29) is 5.78 Å². The van der Waals surface area contributed by atoms with Gasteiger partial charge in [-0.3, -0.25) is 9.48 Å². The summed E-state index contributed by atoms with van der Waals surface area (Å²) < 4.78 is 2.70. The zero-order valence-corrected chi connectivity index (χ0v) is 12.1. The fraction of sp³-hybridized carbons (Fsp3) is 0.286. The summed E-state index contributed by atoms with van der Waals surface area (Å²) in [5, 5.41) is 4.29. The lowest BCUT2D eigenvalue weighted by Gasteiger charge is -2.03.